The number of carbonyl (C=O) groups excluding carboxylic acids is 1. The Morgan fingerprint density at radius 1 is 1.03 bits per heavy atom. The van der Waals surface area contributed by atoms with E-state index in [-0.39, 0.29) is 17.3 Å². The Balaban J connectivity index is 1.31. The third-order valence-corrected chi connectivity index (χ3v) is 6.73. The molecule has 1 aliphatic heterocycles. The first kappa shape index (κ1) is 19.3. The average Bonchev–Trinajstić information content (AvgIpc) is 3.20. The van der Waals surface area contributed by atoms with Gasteiger partial charge in [0.2, 0.25) is 0 Å². The Bertz CT molecular complexity index is 1150. The van der Waals surface area contributed by atoms with E-state index in [2.05, 4.69) is 17.0 Å². The topological polar surface area (TPSA) is 50.5 Å². The fourth-order valence-electron chi connectivity index (χ4n) is 4.97. The molecule has 4 nitrogen and oxygen atoms in total. The number of fused-ring (bicyclic) bond motifs is 2. The van der Waals surface area contributed by atoms with Gasteiger partial charge in [-0.25, -0.2) is 4.79 Å². The number of hydrogen-bond donors (Lipinski definition) is 0. The van der Waals surface area contributed by atoms with Crippen molar-refractivity contribution in [2.24, 2.45) is 5.92 Å². The van der Waals surface area contributed by atoms with Gasteiger partial charge >= 0.3 is 5.63 Å². The Morgan fingerprint density at radius 3 is 2.47 bits per heavy atom. The second kappa shape index (κ2) is 7.84. The van der Waals surface area contributed by atoms with Gasteiger partial charge in [0.25, 0.3) is 0 Å². The third-order valence-electron chi connectivity index (χ3n) is 6.73. The zero-order valence-electron chi connectivity index (χ0n) is 17.4. The lowest BCUT2D eigenvalue weighted by Gasteiger charge is -2.31. The smallest absolute Gasteiger partial charge is 0.336 e. The van der Waals surface area contributed by atoms with Gasteiger partial charge in [-0.3, -0.25) is 9.69 Å². The highest BCUT2D eigenvalue weighted by Gasteiger charge is 2.26. The molecule has 0 unspecified atom stereocenters. The zero-order valence-corrected chi connectivity index (χ0v) is 17.4. The maximum Gasteiger partial charge on any atom is 0.336 e. The number of piperidine rings is 1. The van der Waals surface area contributed by atoms with Crippen molar-refractivity contribution in [3.05, 3.63) is 80.7 Å². The molecule has 0 radical (unpaired) electrons. The summed E-state index contributed by atoms with van der Waals surface area (Å²) in [5.74, 6) is 0.348. The van der Waals surface area contributed by atoms with Gasteiger partial charge in [0.05, 0.1) is 0 Å². The summed E-state index contributed by atoms with van der Waals surface area (Å²) in [5, 5.41) is 1.06. The van der Waals surface area contributed by atoms with Crippen LogP contribution in [0, 0.1) is 12.8 Å². The number of rotatable bonds is 4. The summed E-state index contributed by atoms with van der Waals surface area (Å²) >= 11 is 0. The Morgan fingerprint density at radius 2 is 1.73 bits per heavy atom. The standard InChI is InChI=1S/C26H27NO3/c1-17-5-7-18(8-6-17)26(29)19-9-11-27(12-10-19)16-22-15-25(28)30-24-14-21-4-2-3-20(21)13-23(22)24/h5-8,13-15,19H,2-4,9-12,16H2,1H3. The molecule has 0 atom stereocenters. The minimum Gasteiger partial charge on any atom is -0.423 e. The molecule has 3 aromatic rings. The molecule has 1 aromatic heterocycles. The molecule has 0 bridgehead atoms. The van der Waals surface area contributed by atoms with Gasteiger partial charge in [0.1, 0.15) is 5.58 Å². The van der Waals surface area contributed by atoms with Crippen LogP contribution in [-0.4, -0.2) is 23.8 Å². The van der Waals surface area contributed by atoms with E-state index in [1.807, 2.05) is 31.2 Å². The van der Waals surface area contributed by atoms with Crippen LogP contribution < -0.4 is 5.63 Å². The van der Waals surface area contributed by atoms with Crippen molar-refractivity contribution in [1.82, 2.24) is 4.90 Å². The highest BCUT2D eigenvalue weighted by molar-refractivity contribution is 5.97. The normalized spacial score (nSPS) is 17.4. The number of carbonyl (C=O) groups is 1. The minimum absolute atomic E-state index is 0.0878. The average molecular weight is 402 g/mol. The van der Waals surface area contributed by atoms with Gasteiger partial charge < -0.3 is 4.42 Å². The molecular weight excluding hydrogens is 374 g/mol. The number of ketones is 1. The first-order valence-electron chi connectivity index (χ1n) is 11.0. The van der Waals surface area contributed by atoms with Gasteiger partial charge in [0.15, 0.2) is 5.78 Å². The number of likely N-dealkylation sites (tertiary alicyclic amines) is 1. The summed E-state index contributed by atoms with van der Waals surface area (Å²) in [6.45, 7) is 4.51. The zero-order chi connectivity index (χ0) is 20.7. The van der Waals surface area contributed by atoms with E-state index in [9.17, 15) is 9.59 Å². The van der Waals surface area contributed by atoms with Crippen LogP contribution in [0.25, 0.3) is 11.0 Å². The molecule has 0 saturated carbocycles. The summed E-state index contributed by atoms with van der Waals surface area (Å²) in [4.78, 5) is 27.3. The van der Waals surface area contributed by atoms with E-state index in [0.717, 1.165) is 61.8 Å². The van der Waals surface area contributed by atoms with Gasteiger partial charge in [-0.1, -0.05) is 29.8 Å². The highest BCUT2D eigenvalue weighted by atomic mass is 16.4. The highest BCUT2D eigenvalue weighted by Crippen LogP contribution is 2.30. The predicted molar refractivity (Wildman–Crippen MR) is 118 cm³/mol. The number of nitrogens with zero attached hydrogens (tertiary/aromatic N) is 1. The summed E-state index contributed by atoms with van der Waals surface area (Å²) in [7, 11) is 0. The minimum atomic E-state index is -0.278. The largest absolute Gasteiger partial charge is 0.423 e. The summed E-state index contributed by atoms with van der Waals surface area (Å²) in [5.41, 5.74) is 6.17. The molecule has 0 amide bonds. The molecule has 1 saturated heterocycles. The van der Waals surface area contributed by atoms with E-state index in [0.29, 0.717) is 5.58 Å². The summed E-state index contributed by atoms with van der Waals surface area (Å²) in [6, 6.07) is 13.8. The summed E-state index contributed by atoms with van der Waals surface area (Å²) in [6.07, 6.45) is 5.08. The molecule has 2 aliphatic rings. The van der Waals surface area contributed by atoms with Crippen molar-refractivity contribution in [2.45, 2.75) is 45.6 Å². The quantitative estimate of drug-likeness (QED) is 0.470. The molecule has 0 spiro atoms. The van der Waals surface area contributed by atoms with Crippen LogP contribution in [0.5, 0.6) is 0 Å². The number of hydrogen-bond acceptors (Lipinski definition) is 4. The van der Waals surface area contributed by atoms with E-state index in [4.69, 9.17) is 4.42 Å². The molecule has 1 fully saturated rings. The van der Waals surface area contributed by atoms with Crippen LogP contribution >= 0.6 is 0 Å². The Kier molecular flexibility index (Phi) is 5.03. The van der Waals surface area contributed by atoms with E-state index >= 15 is 0 Å². The van der Waals surface area contributed by atoms with Crippen LogP contribution in [0.2, 0.25) is 0 Å². The maximum absolute atomic E-state index is 12.8. The molecular formula is C26H27NO3. The predicted octanol–water partition coefficient (Wildman–Crippen LogP) is 4.69. The first-order valence-corrected chi connectivity index (χ1v) is 11.0. The first-order chi connectivity index (χ1) is 14.6. The SMILES string of the molecule is Cc1ccc(C(=O)C2CCN(Cc3cc(=O)oc4cc5c(cc34)CCC5)CC2)cc1. The van der Waals surface area contributed by atoms with Crippen LogP contribution in [0.3, 0.4) is 0 Å². The molecule has 30 heavy (non-hydrogen) atoms. The second-order valence-corrected chi connectivity index (χ2v) is 8.84. The Hall–Kier alpha value is -2.72. The number of Topliss-reactive ketones (excluding diaryl/α,β-unsaturated/α-hetero) is 1. The van der Waals surface area contributed by atoms with E-state index < -0.39 is 0 Å². The Labute approximate surface area is 176 Å². The van der Waals surface area contributed by atoms with Crippen LogP contribution in [0.15, 0.2) is 51.7 Å². The molecule has 1 aliphatic carbocycles. The van der Waals surface area contributed by atoms with Gasteiger partial charge in [-0.15, -0.1) is 0 Å². The lowest BCUT2D eigenvalue weighted by molar-refractivity contribution is 0.0835. The van der Waals surface area contributed by atoms with Crippen molar-refractivity contribution in [1.29, 1.82) is 0 Å². The molecule has 5 rings (SSSR count). The van der Waals surface area contributed by atoms with E-state index in [1.54, 1.807) is 6.07 Å². The lowest BCUT2D eigenvalue weighted by Crippen LogP contribution is -2.36. The molecule has 0 N–H and O–H groups in total. The fraction of sp³-hybridized carbons (Fsp3) is 0.385. The van der Waals surface area contributed by atoms with Crippen LogP contribution in [0.4, 0.5) is 0 Å². The van der Waals surface area contributed by atoms with Crippen molar-refractivity contribution in [3.63, 3.8) is 0 Å². The van der Waals surface area contributed by atoms with Crippen molar-refractivity contribution >= 4 is 16.8 Å². The maximum atomic E-state index is 12.8. The number of aryl methyl sites for hydroxylation is 3. The van der Waals surface area contributed by atoms with Gasteiger partial charge in [0, 0.05) is 29.5 Å². The third kappa shape index (κ3) is 3.72. The van der Waals surface area contributed by atoms with Crippen LogP contribution in [0.1, 0.15) is 51.9 Å². The molecule has 4 heteroatoms. The van der Waals surface area contributed by atoms with Crippen molar-refractivity contribution in [2.75, 3.05) is 13.1 Å². The second-order valence-electron chi connectivity index (χ2n) is 8.84. The lowest BCUT2D eigenvalue weighted by atomic mass is 9.88. The van der Waals surface area contributed by atoms with Crippen LogP contribution in [-0.2, 0) is 19.4 Å². The van der Waals surface area contributed by atoms with Crippen molar-refractivity contribution < 1.29 is 9.21 Å². The van der Waals surface area contributed by atoms with Gasteiger partial charge in [-0.05, 0) is 80.9 Å². The molecule has 2 aromatic carbocycles. The molecule has 2 heterocycles. The summed E-state index contributed by atoms with van der Waals surface area (Å²) < 4.78 is 5.50. The van der Waals surface area contributed by atoms with Gasteiger partial charge in [-0.2, -0.15) is 0 Å². The fourth-order valence-corrected chi connectivity index (χ4v) is 4.97. The molecule has 154 valence electrons. The van der Waals surface area contributed by atoms with E-state index in [1.165, 1.54) is 23.1 Å². The monoisotopic (exact) mass is 401 g/mol. The van der Waals surface area contributed by atoms with Crippen molar-refractivity contribution in [3.8, 4) is 0 Å². The number of benzene rings is 2.